The van der Waals surface area contributed by atoms with E-state index in [4.69, 9.17) is 4.74 Å². The van der Waals surface area contributed by atoms with E-state index in [-0.39, 0.29) is 23.4 Å². The first kappa shape index (κ1) is 17.1. The zero-order valence-corrected chi connectivity index (χ0v) is 12.4. The van der Waals surface area contributed by atoms with Crippen LogP contribution in [0.3, 0.4) is 0 Å². The van der Waals surface area contributed by atoms with Gasteiger partial charge in [0.05, 0.1) is 16.1 Å². The first-order valence-corrected chi connectivity index (χ1v) is 6.89. The maximum absolute atomic E-state index is 13.4. The van der Waals surface area contributed by atoms with Gasteiger partial charge in [0.15, 0.2) is 0 Å². The quantitative estimate of drug-likeness (QED) is 0.497. The fourth-order valence-electron chi connectivity index (χ4n) is 1.91. The molecule has 0 saturated heterocycles. The highest BCUT2D eigenvalue weighted by atomic mass is 19.1. The Morgan fingerprint density at radius 3 is 2.50 bits per heavy atom. The van der Waals surface area contributed by atoms with Gasteiger partial charge in [0.2, 0.25) is 0 Å². The lowest BCUT2D eigenvalue weighted by Crippen LogP contribution is -2.31. The molecule has 8 heteroatoms. The van der Waals surface area contributed by atoms with Gasteiger partial charge in [-0.2, -0.15) is 0 Å². The number of nitrogens with zero attached hydrogens (tertiary/aromatic N) is 1. The molecule has 2 aromatic rings. The molecule has 0 radical (unpaired) electrons. The highest BCUT2D eigenvalue weighted by molar-refractivity contribution is 5.96. The van der Waals surface area contributed by atoms with Crippen LogP contribution in [0.1, 0.15) is 15.9 Å². The fraction of sp³-hybridized carbons (Fsp3) is 0.125. The Labute approximate surface area is 136 Å². The predicted molar refractivity (Wildman–Crippen MR) is 81.6 cm³/mol. The SMILES string of the molecule is O=C(CNC(=O)c1ccccc1F)OCc1ccccc1[N+](=O)[O-]. The molecule has 0 atom stereocenters. The van der Waals surface area contributed by atoms with Crippen molar-refractivity contribution in [2.45, 2.75) is 6.61 Å². The molecular weight excluding hydrogens is 319 g/mol. The summed E-state index contributed by atoms with van der Waals surface area (Å²) in [5.41, 5.74) is -0.124. The van der Waals surface area contributed by atoms with E-state index in [1.165, 1.54) is 36.4 Å². The lowest BCUT2D eigenvalue weighted by molar-refractivity contribution is -0.385. The van der Waals surface area contributed by atoms with Crippen molar-refractivity contribution in [3.8, 4) is 0 Å². The molecule has 0 aliphatic heterocycles. The van der Waals surface area contributed by atoms with Crippen LogP contribution < -0.4 is 5.32 Å². The van der Waals surface area contributed by atoms with Gasteiger partial charge in [0.1, 0.15) is 19.0 Å². The van der Waals surface area contributed by atoms with Gasteiger partial charge < -0.3 is 10.1 Å². The van der Waals surface area contributed by atoms with Crippen LogP contribution in [0.5, 0.6) is 0 Å². The number of carbonyl (C=O) groups excluding carboxylic acids is 2. The molecule has 2 rings (SSSR count). The lowest BCUT2D eigenvalue weighted by atomic mass is 10.2. The van der Waals surface area contributed by atoms with Crippen LogP contribution in [-0.2, 0) is 16.1 Å². The minimum Gasteiger partial charge on any atom is -0.459 e. The van der Waals surface area contributed by atoms with E-state index in [0.29, 0.717) is 0 Å². The van der Waals surface area contributed by atoms with Gasteiger partial charge >= 0.3 is 5.97 Å². The molecular formula is C16H13FN2O5. The van der Waals surface area contributed by atoms with E-state index in [2.05, 4.69) is 5.32 Å². The summed E-state index contributed by atoms with van der Waals surface area (Å²) in [6.07, 6.45) is 0. The third-order valence-electron chi connectivity index (χ3n) is 3.09. The molecule has 0 spiro atoms. The first-order chi connectivity index (χ1) is 11.5. The Balaban J connectivity index is 1.87. The van der Waals surface area contributed by atoms with Crippen LogP contribution in [0.4, 0.5) is 10.1 Å². The van der Waals surface area contributed by atoms with E-state index >= 15 is 0 Å². The molecule has 0 aliphatic carbocycles. The predicted octanol–water partition coefficient (Wildman–Crippen LogP) is 2.21. The van der Waals surface area contributed by atoms with Crippen molar-refractivity contribution in [2.75, 3.05) is 6.54 Å². The highest BCUT2D eigenvalue weighted by Crippen LogP contribution is 2.18. The fourth-order valence-corrected chi connectivity index (χ4v) is 1.91. The number of hydrogen-bond donors (Lipinski definition) is 1. The normalized spacial score (nSPS) is 10.0. The van der Waals surface area contributed by atoms with Crippen molar-refractivity contribution in [1.29, 1.82) is 0 Å². The number of ether oxygens (including phenoxy) is 1. The van der Waals surface area contributed by atoms with Gasteiger partial charge in [-0.25, -0.2) is 4.39 Å². The number of para-hydroxylation sites is 1. The zero-order chi connectivity index (χ0) is 17.5. The van der Waals surface area contributed by atoms with Gasteiger partial charge in [0, 0.05) is 6.07 Å². The number of benzene rings is 2. The van der Waals surface area contributed by atoms with Crippen molar-refractivity contribution in [3.63, 3.8) is 0 Å². The monoisotopic (exact) mass is 332 g/mol. The van der Waals surface area contributed by atoms with Gasteiger partial charge in [-0.1, -0.05) is 24.3 Å². The number of nitro benzene ring substituents is 1. The van der Waals surface area contributed by atoms with Crippen LogP contribution in [0.2, 0.25) is 0 Å². The van der Waals surface area contributed by atoms with Crippen molar-refractivity contribution in [3.05, 3.63) is 75.6 Å². The molecule has 0 unspecified atom stereocenters. The third kappa shape index (κ3) is 4.35. The first-order valence-electron chi connectivity index (χ1n) is 6.89. The topological polar surface area (TPSA) is 98.5 Å². The largest absolute Gasteiger partial charge is 0.459 e. The van der Waals surface area contributed by atoms with Gasteiger partial charge in [-0.3, -0.25) is 19.7 Å². The standard InChI is InChI=1S/C16H13FN2O5/c17-13-7-3-2-6-12(13)16(21)18-9-15(20)24-10-11-5-1-4-8-14(11)19(22)23/h1-8H,9-10H2,(H,18,21). The van der Waals surface area contributed by atoms with E-state index < -0.39 is 29.2 Å². The number of nitrogens with one attached hydrogen (secondary N) is 1. The van der Waals surface area contributed by atoms with Crippen molar-refractivity contribution >= 4 is 17.6 Å². The summed E-state index contributed by atoms with van der Waals surface area (Å²) in [5.74, 6) is -2.25. The smallest absolute Gasteiger partial charge is 0.325 e. The number of nitro groups is 1. The minimum absolute atomic E-state index is 0.166. The Bertz CT molecular complexity index is 779. The number of hydrogen-bond acceptors (Lipinski definition) is 5. The molecule has 0 fully saturated rings. The molecule has 24 heavy (non-hydrogen) atoms. The number of halogens is 1. The maximum atomic E-state index is 13.4. The molecule has 0 saturated carbocycles. The van der Waals surface area contributed by atoms with Crippen molar-refractivity contribution in [2.24, 2.45) is 0 Å². The highest BCUT2D eigenvalue weighted by Gasteiger charge is 2.15. The average molecular weight is 332 g/mol. The summed E-state index contributed by atoms with van der Waals surface area (Å²) < 4.78 is 18.3. The summed E-state index contributed by atoms with van der Waals surface area (Å²) in [5, 5.41) is 13.1. The molecule has 0 aromatic heterocycles. The van der Waals surface area contributed by atoms with Crippen LogP contribution in [-0.4, -0.2) is 23.3 Å². The Kier molecular flexibility index (Phi) is 5.56. The Morgan fingerprint density at radius 1 is 1.12 bits per heavy atom. The molecule has 0 bridgehead atoms. The Morgan fingerprint density at radius 2 is 1.79 bits per heavy atom. The summed E-state index contributed by atoms with van der Waals surface area (Å²) in [7, 11) is 0. The third-order valence-corrected chi connectivity index (χ3v) is 3.09. The summed E-state index contributed by atoms with van der Waals surface area (Å²) in [6.45, 7) is -0.778. The second-order valence-electron chi connectivity index (χ2n) is 4.71. The van der Waals surface area contributed by atoms with E-state index in [0.717, 1.165) is 6.07 Å². The van der Waals surface area contributed by atoms with Crippen molar-refractivity contribution in [1.82, 2.24) is 5.32 Å². The number of esters is 1. The summed E-state index contributed by atoms with van der Waals surface area (Å²) in [6, 6.07) is 11.2. The van der Waals surface area contributed by atoms with Gasteiger partial charge in [-0.15, -0.1) is 0 Å². The molecule has 1 amide bonds. The summed E-state index contributed by atoms with van der Waals surface area (Å²) >= 11 is 0. The minimum atomic E-state index is -0.794. The van der Waals surface area contributed by atoms with Crippen LogP contribution in [0, 0.1) is 15.9 Å². The van der Waals surface area contributed by atoms with E-state index in [1.807, 2.05) is 0 Å². The van der Waals surface area contributed by atoms with Crippen LogP contribution in [0.15, 0.2) is 48.5 Å². The second-order valence-corrected chi connectivity index (χ2v) is 4.71. The average Bonchev–Trinajstić information content (AvgIpc) is 2.58. The van der Waals surface area contributed by atoms with Gasteiger partial charge in [-0.05, 0) is 18.2 Å². The molecule has 7 nitrogen and oxygen atoms in total. The molecule has 0 aliphatic rings. The van der Waals surface area contributed by atoms with E-state index in [9.17, 15) is 24.1 Å². The second kappa shape index (κ2) is 7.82. The molecule has 1 N–H and O–H groups in total. The molecule has 124 valence electrons. The molecule has 0 heterocycles. The number of carbonyl (C=O) groups is 2. The van der Waals surface area contributed by atoms with Crippen molar-refractivity contribution < 1.29 is 23.6 Å². The maximum Gasteiger partial charge on any atom is 0.325 e. The van der Waals surface area contributed by atoms with Crippen LogP contribution in [0.25, 0.3) is 0 Å². The number of amides is 1. The zero-order valence-electron chi connectivity index (χ0n) is 12.4. The summed E-state index contributed by atoms with van der Waals surface area (Å²) in [4.78, 5) is 33.6. The lowest BCUT2D eigenvalue weighted by Gasteiger charge is -2.07. The van der Waals surface area contributed by atoms with E-state index in [1.54, 1.807) is 6.07 Å². The van der Waals surface area contributed by atoms with Crippen LogP contribution >= 0.6 is 0 Å². The number of rotatable bonds is 6. The molecule has 2 aromatic carbocycles. The Hall–Kier alpha value is -3.29. The van der Waals surface area contributed by atoms with Gasteiger partial charge in [0.25, 0.3) is 11.6 Å².